The summed E-state index contributed by atoms with van der Waals surface area (Å²) in [6.45, 7) is 9.92. The van der Waals surface area contributed by atoms with Crippen molar-refractivity contribution in [2.75, 3.05) is 44.8 Å². The Balaban J connectivity index is 1.32. The zero-order valence-corrected chi connectivity index (χ0v) is 23.3. The molecule has 1 unspecified atom stereocenters. The summed E-state index contributed by atoms with van der Waals surface area (Å²) < 4.78 is 23.4. The smallest absolute Gasteiger partial charge is 0.254 e. The number of ether oxygens (including phenoxy) is 4. The van der Waals surface area contributed by atoms with Crippen LogP contribution in [0.1, 0.15) is 39.2 Å². The van der Waals surface area contributed by atoms with E-state index in [-0.39, 0.29) is 24.5 Å². The second-order valence-corrected chi connectivity index (χ2v) is 11.6. The highest BCUT2D eigenvalue weighted by molar-refractivity contribution is 6.30. The largest absolute Gasteiger partial charge is 0.493 e. The van der Waals surface area contributed by atoms with Gasteiger partial charge in [0.25, 0.3) is 5.91 Å². The van der Waals surface area contributed by atoms with Gasteiger partial charge in [-0.15, -0.1) is 0 Å². The van der Waals surface area contributed by atoms with Gasteiger partial charge in [-0.1, -0.05) is 24.6 Å². The van der Waals surface area contributed by atoms with Crippen molar-refractivity contribution in [3.8, 4) is 11.5 Å². The fourth-order valence-electron chi connectivity index (χ4n) is 5.54. The topological polar surface area (TPSA) is 93.6 Å². The Hall–Kier alpha value is -2.59. The minimum atomic E-state index is -0.782. The lowest BCUT2D eigenvalue weighted by Gasteiger charge is -2.40. The number of likely N-dealkylation sites (tertiary alicyclic amines) is 1. The SMILES string of the molecule is COc1ccc([C@@H]2CN(C(=O)[C@@H]3COC(C)(C)O3)C[C@@]2(C)C(C)O)cc1OC1CN(c2ccc(Cl)cn2)C1. The van der Waals surface area contributed by atoms with E-state index in [4.69, 9.17) is 30.5 Å². The molecule has 1 N–H and O–H groups in total. The van der Waals surface area contributed by atoms with Crippen molar-refractivity contribution in [3.63, 3.8) is 0 Å². The first-order valence-electron chi connectivity index (χ1n) is 13.0. The van der Waals surface area contributed by atoms with Crippen LogP contribution >= 0.6 is 11.6 Å². The molecule has 4 atom stereocenters. The van der Waals surface area contributed by atoms with Gasteiger partial charge in [0.1, 0.15) is 11.9 Å². The van der Waals surface area contributed by atoms with Crippen molar-refractivity contribution in [1.29, 1.82) is 0 Å². The third-order valence-corrected chi connectivity index (χ3v) is 8.27. The number of benzene rings is 1. The maximum Gasteiger partial charge on any atom is 0.254 e. The van der Waals surface area contributed by atoms with Crippen LogP contribution < -0.4 is 14.4 Å². The van der Waals surface area contributed by atoms with Crippen LogP contribution in [0.15, 0.2) is 36.5 Å². The van der Waals surface area contributed by atoms with Crippen LogP contribution in [0.4, 0.5) is 5.82 Å². The molecule has 2 aromatic rings. The molecule has 0 aliphatic carbocycles. The van der Waals surface area contributed by atoms with E-state index in [9.17, 15) is 9.90 Å². The van der Waals surface area contributed by atoms with Gasteiger partial charge < -0.3 is 33.9 Å². The van der Waals surface area contributed by atoms with Crippen LogP contribution in [0.5, 0.6) is 11.5 Å². The molecule has 1 amide bonds. The lowest BCUT2D eigenvalue weighted by molar-refractivity contribution is -0.159. The fourth-order valence-corrected chi connectivity index (χ4v) is 5.65. The molecule has 206 valence electrons. The molecule has 1 aromatic heterocycles. The van der Waals surface area contributed by atoms with E-state index in [1.54, 1.807) is 39.0 Å². The van der Waals surface area contributed by atoms with E-state index in [2.05, 4.69) is 9.88 Å². The van der Waals surface area contributed by atoms with Gasteiger partial charge in [-0.3, -0.25) is 4.79 Å². The quantitative estimate of drug-likeness (QED) is 0.565. The summed E-state index contributed by atoms with van der Waals surface area (Å²) in [6, 6.07) is 9.60. The van der Waals surface area contributed by atoms with Gasteiger partial charge in [0.2, 0.25) is 0 Å². The lowest BCUT2D eigenvalue weighted by atomic mass is 9.72. The number of hydrogen-bond acceptors (Lipinski definition) is 8. The van der Waals surface area contributed by atoms with Gasteiger partial charge in [-0.25, -0.2) is 4.98 Å². The summed E-state index contributed by atoms with van der Waals surface area (Å²) in [4.78, 5) is 21.6. The Morgan fingerprint density at radius 3 is 2.55 bits per heavy atom. The molecule has 3 fully saturated rings. The monoisotopic (exact) mass is 545 g/mol. The van der Waals surface area contributed by atoms with E-state index < -0.39 is 23.4 Å². The van der Waals surface area contributed by atoms with E-state index in [0.29, 0.717) is 42.7 Å². The van der Waals surface area contributed by atoms with Crippen molar-refractivity contribution in [2.24, 2.45) is 5.41 Å². The first-order valence-corrected chi connectivity index (χ1v) is 13.4. The number of pyridine rings is 1. The number of nitrogens with zero attached hydrogens (tertiary/aromatic N) is 3. The zero-order valence-electron chi connectivity index (χ0n) is 22.5. The number of anilines is 1. The number of amides is 1. The van der Waals surface area contributed by atoms with Gasteiger partial charge in [0, 0.05) is 30.6 Å². The van der Waals surface area contributed by atoms with Crippen molar-refractivity contribution in [2.45, 2.75) is 57.7 Å². The van der Waals surface area contributed by atoms with Crippen molar-refractivity contribution in [1.82, 2.24) is 9.88 Å². The number of carbonyl (C=O) groups is 1. The molecule has 0 bridgehead atoms. The third kappa shape index (κ3) is 5.17. The van der Waals surface area contributed by atoms with Crippen molar-refractivity contribution < 1.29 is 28.8 Å². The zero-order chi connectivity index (χ0) is 27.2. The summed E-state index contributed by atoms with van der Waals surface area (Å²) in [7, 11) is 1.62. The average molecular weight is 546 g/mol. The Bertz CT molecular complexity index is 1170. The highest BCUT2D eigenvalue weighted by Crippen LogP contribution is 2.47. The van der Waals surface area contributed by atoms with Crippen molar-refractivity contribution >= 4 is 23.3 Å². The molecule has 5 rings (SSSR count). The van der Waals surface area contributed by atoms with E-state index in [0.717, 1.165) is 11.4 Å². The molecule has 38 heavy (non-hydrogen) atoms. The first kappa shape index (κ1) is 27.0. The molecule has 0 saturated carbocycles. The minimum Gasteiger partial charge on any atom is -0.493 e. The number of rotatable bonds is 7. The number of carbonyl (C=O) groups excluding carboxylic acids is 1. The van der Waals surface area contributed by atoms with Crippen LogP contribution in [-0.4, -0.2) is 84.9 Å². The van der Waals surface area contributed by atoms with Gasteiger partial charge in [-0.2, -0.15) is 0 Å². The van der Waals surface area contributed by atoms with Crippen LogP contribution in [0.25, 0.3) is 0 Å². The number of halogens is 1. The first-order chi connectivity index (χ1) is 18.0. The standard InChI is InChI=1S/C28H36ClN3O6/c1-17(33)28(4)16-32(26(34)24-15-36-27(2,3)38-24)14-21(28)18-6-8-22(35-5)23(10-18)37-20-12-31(13-20)25-9-7-19(29)11-30-25/h6-11,17,20-21,24,33H,12-16H2,1-5H3/t17?,21-,24-,28-/m0/s1. The predicted molar refractivity (Wildman–Crippen MR) is 143 cm³/mol. The lowest BCUT2D eigenvalue weighted by Crippen LogP contribution is -2.54. The summed E-state index contributed by atoms with van der Waals surface area (Å²) in [5.41, 5.74) is 0.434. The number of aliphatic hydroxyl groups excluding tert-OH is 1. The maximum absolute atomic E-state index is 13.3. The molecule has 10 heteroatoms. The summed E-state index contributed by atoms with van der Waals surface area (Å²) >= 11 is 5.96. The van der Waals surface area contributed by atoms with Gasteiger partial charge in [0.15, 0.2) is 23.4 Å². The highest BCUT2D eigenvalue weighted by atomic mass is 35.5. The Morgan fingerprint density at radius 2 is 1.95 bits per heavy atom. The molecule has 0 spiro atoms. The summed E-state index contributed by atoms with van der Waals surface area (Å²) in [5.74, 6) is 1.14. The van der Waals surface area contributed by atoms with Gasteiger partial charge in [-0.05, 0) is 50.6 Å². The molecule has 4 heterocycles. The maximum atomic E-state index is 13.3. The molecule has 9 nitrogen and oxygen atoms in total. The summed E-state index contributed by atoms with van der Waals surface area (Å²) in [6.07, 6.45) is 0.331. The second kappa shape index (κ2) is 10.2. The van der Waals surface area contributed by atoms with E-state index >= 15 is 0 Å². The second-order valence-electron chi connectivity index (χ2n) is 11.2. The Morgan fingerprint density at radius 1 is 1.18 bits per heavy atom. The van der Waals surface area contributed by atoms with Crippen LogP contribution in [0.2, 0.25) is 5.02 Å². The van der Waals surface area contributed by atoms with Crippen molar-refractivity contribution in [3.05, 3.63) is 47.1 Å². The Labute approximate surface area is 228 Å². The average Bonchev–Trinajstić information content (AvgIpc) is 3.41. The summed E-state index contributed by atoms with van der Waals surface area (Å²) in [5, 5.41) is 11.4. The normalized spacial score (nSPS) is 27.8. The number of methoxy groups -OCH3 is 1. The molecule has 3 aliphatic heterocycles. The number of aromatic nitrogens is 1. The third-order valence-electron chi connectivity index (χ3n) is 8.05. The predicted octanol–water partition coefficient (Wildman–Crippen LogP) is 3.48. The van der Waals surface area contributed by atoms with Crippen LogP contribution in [-0.2, 0) is 14.3 Å². The molecule has 3 aliphatic rings. The van der Waals surface area contributed by atoms with E-state index in [1.807, 2.05) is 37.3 Å². The molecule has 1 aromatic carbocycles. The molecule has 3 saturated heterocycles. The Kier molecular flexibility index (Phi) is 7.24. The highest BCUT2D eigenvalue weighted by Gasteiger charge is 2.50. The van der Waals surface area contributed by atoms with E-state index in [1.165, 1.54) is 0 Å². The fraction of sp³-hybridized carbons (Fsp3) is 0.571. The molecule has 0 radical (unpaired) electrons. The van der Waals surface area contributed by atoms with Gasteiger partial charge in [0.05, 0.1) is 37.9 Å². The number of aliphatic hydroxyl groups is 1. The minimum absolute atomic E-state index is 0.0238. The molecular weight excluding hydrogens is 510 g/mol. The van der Waals surface area contributed by atoms with Crippen LogP contribution in [0, 0.1) is 5.41 Å². The van der Waals surface area contributed by atoms with Gasteiger partial charge >= 0.3 is 0 Å². The van der Waals surface area contributed by atoms with Crippen LogP contribution in [0.3, 0.4) is 0 Å². The molecular formula is C28H36ClN3O6. The number of hydrogen-bond donors (Lipinski definition) is 1.